The highest BCUT2D eigenvalue weighted by atomic mass is 16.4. The first-order valence-electron chi connectivity index (χ1n) is 6.93. The van der Waals surface area contributed by atoms with Crippen molar-refractivity contribution in [1.29, 1.82) is 0 Å². The van der Waals surface area contributed by atoms with E-state index in [1.807, 2.05) is 24.3 Å². The average molecular weight is 290 g/mol. The SMILES string of the molecule is O=C(O)CCNC(=O)CCC1Cc2ccccc2NC1=O. The third kappa shape index (κ3) is 4.30. The zero-order chi connectivity index (χ0) is 15.2. The van der Waals surface area contributed by atoms with Gasteiger partial charge < -0.3 is 15.7 Å². The molecule has 1 unspecified atom stereocenters. The molecule has 1 aromatic carbocycles. The Hall–Kier alpha value is -2.37. The summed E-state index contributed by atoms with van der Waals surface area (Å²) >= 11 is 0. The van der Waals surface area contributed by atoms with E-state index >= 15 is 0 Å². The summed E-state index contributed by atoms with van der Waals surface area (Å²) in [4.78, 5) is 33.9. The Labute approximate surface area is 122 Å². The number of fused-ring (bicyclic) bond motifs is 1. The van der Waals surface area contributed by atoms with Crippen LogP contribution in [0.2, 0.25) is 0 Å². The summed E-state index contributed by atoms with van der Waals surface area (Å²) in [5.74, 6) is -1.45. The minimum atomic E-state index is -0.946. The monoisotopic (exact) mass is 290 g/mol. The molecule has 0 radical (unpaired) electrons. The van der Waals surface area contributed by atoms with Crippen LogP contribution in [-0.2, 0) is 20.8 Å². The summed E-state index contributed by atoms with van der Waals surface area (Å²) in [5.41, 5.74) is 1.91. The first-order valence-corrected chi connectivity index (χ1v) is 6.93. The largest absolute Gasteiger partial charge is 0.481 e. The van der Waals surface area contributed by atoms with E-state index in [-0.39, 0.29) is 37.1 Å². The van der Waals surface area contributed by atoms with Crippen molar-refractivity contribution in [2.75, 3.05) is 11.9 Å². The van der Waals surface area contributed by atoms with E-state index in [2.05, 4.69) is 10.6 Å². The standard InChI is InChI=1S/C15H18N2O4/c18-13(16-8-7-14(19)20)6-5-11-9-10-3-1-2-4-12(10)17-15(11)21/h1-4,11H,5-9H2,(H,16,18)(H,17,21)(H,19,20). The van der Waals surface area contributed by atoms with Crippen molar-refractivity contribution in [2.45, 2.75) is 25.7 Å². The molecular formula is C15H18N2O4. The third-order valence-corrected chi connectivity index (χ3v) is 3.49. The number of hydrogen-bond donors (Lipinski definition) is 3. The lowest BCUT2D eigenvalue weighted by atomic mass is 9.89. The highest BCUT2D eigenvalue weighted by molar-refractivity contribution is 5.96. The molecule has 0 aromatic heterocycles. The van der Waals surface area contributed by atoms with E-state index in [1.54, 1.807) is 0 Å². The van der Waals surface area contributed by atoms with Crippen LogP contribution in [0.25, 0.3) is 0 Å². The van der Waals surface area contributed by atoms with Crippen molar-refractivity contribution < 1.29 is 19.5 Å². The first-order chi connectivity index (χ1) is 10.1. The van der Waals surface area contributed by atoms with Crippen LogP contribution in [0.4, 0.5) is 5.69 Å². The van der Waals surface area contributed by atoms with Gasteiger partial charge in [-0.3, -0.25) is 14.4 Å². The second-order valence-electron chi connectivity index (χ2n) is 5.08. The summed E-state index contributed by atoms with van der Waals surface area (Å²) in [6.45, 7) is 0.119. The minimum absolute atomic E-state index is 0.0629. The van der Waals surface area contributed by atoms with Crippen LogP contribution in [0.1, 0.15) is 24.8 Å². The lowest BCUT2D eigenvalue weighted by Gasteiger charge is -2.24. The quantitative estimate of drug-likeness (QED) is 0.732. The number of carbonyl (C=O) groups excluding carboxylic acids is 2. The Morgan fingerprint density at radius 1 is 1.29 bits per heavy atom. The predicted molar refractivity (Wildman–Crippen MR) is 76.8 cm³/mol. The van der Waals surface area contributed by atoms with Gasteiger partial charge in [0.15, 0.2) is 0 Å². The second kappa shape index (κ2) is 6.88. The van der Waals surface area contributed by atoms with E-state index in [1.165, 1.54) is 0 Å². The molecule has 2 amide bonds. The molecule has 3 N–H and O–H groups in total. The minimum Gasteiger partial charge on any atom is -0.481 e. The third-order valence-electron chi connectivity index (χ3n) is 3.49. The normalized spacial score (nSPS) is 16.8. The van der Waals surface area contributed by atoms with E-state index in [9.17, 15) is 14.4 Å². The number of para-hydroxylation sites is 1. The Balaban J connectivity index is 1.80. The van der Waals surface area contributed by atoms with Gasteiger partial charge in [-0.1, -0.05) is 18.2 Å². The van der Waals surface area contributed by atoms with Crippen molar-refractivity contribution >= 4 is 23.5 Å². The van der Waals surface area contributed by atoms with Gasteiger partial charge in [-0.15, -0.1) is 0 Å². The van der Waals surface area contributed by atoms with Crippen molar-refractivity contribution in [3.8, 4) is 0 Å². The maximum absolute atomic E-state index is 12.0. The fourth-order valence-corrected chi connectivity index (χ4v) is 2.35. The number of aliphatic carboxylic acids is 1. The molecule has 0 saturated heterocycles. The van der Waals surface area contributed by atoms with Crippen LogP contribution in [0, 0.1) is 5.92 Å². The van der Waals surface area contributed by atoms with Crippen molar-refractivity contribution in [3.05, 3.63) is 29.8 Å². The lowest BCUT2D eigenvalue weighted by molar-refractivity contribution is -0.136. The lowest BCUT2D eigenvalue weighted by Crippen LogP contribution is -2.32. The van der Waals surface area contributed by atoms with E-state index in [0.29, 0.717) is 12.8 Å². The Bertz CT molecular complexity index is 556. The van der Waals surface area contributed by atoms with Crippen molar-refractivity contribution in [1.82, 2.24) is 5.32 Å². The molecule has 1 aromatic rings. The number of amides is 2. The topological polar surface area (TPSA) is 95.5 Å². The molecule has 0 fully saturated rings. The number of benzene rings is 1. The van der Waals surface area contributed by atoms with Crippen LogP contribution < -0.4 is 10.6 Å². The molecule has 0 spiro atoms. The van der Waals surface area contributed by atoms with Gasteiger partial charge in [0.2, 0.25) is 11.8 Å². The molecule has 6 heteroatoms. The highest BCUT2D eigenvalue weighted by Gasteiger charge is 2.26. The maximum Gasteiger partial charge on any atom is 0.305 e. The van der Waals surface area contributed by atoms with Crippen molar-refractivity contribution in [2.24, 2.45) is 5.92 Å². The molecule has 6 nitrogen and oxygen atoms in total. The van der Waals surface area contributed by atoms with Gasteiger partial charge in [-0.2, -0.15) is 0 Å². The highest BCUT2D eigenvalue weighted by Crippen LogP contribution is 2.27. The molecule has 0 saturated carbocycles. The number of rotatable bonds is 6. The zero-order valence-electron chi connectivity index (χ0n) is 11.6. The van der Waals surface area contributed by atoms with E-state index < -0.39 is 5.97 Å². The number of hydrogen-bond acceptors (Lipinski definition) is 3. The Morgan fingerprint density at radius 3 is 2.81 bits per heavy atom. The van der Waals surface area contributed by atoms with E-state index in [4.69, 9.17) is 5.11 Å². The molecule has 1 heterocycles. The van der Waals surface area contributed by atoms with Gasteiger partial charge in [-0.05, 0) is 24.5 Å². The molecule has 1 aliphatic heterocycles. The number of carboxylic acids is 1. The fraction of sp³-hybridized carbons (Fsp3) is 0.400. The molecule has 0 aliphatic carbocycles. The van der Waals surface area contributed by atoms with Crippen LogP contribution in [0.5, 0.6) is 0 Å². The van der Waals surface area contributed by atoms with Gasteiger partial charge in [0.05, 0.1) is 6.42 Å². The summed E-state index contributed by atoms with van der Waals surface area (Å²) in [5, 5.41) is 13.9. The summed E-state index contributed by atoms with van der Waals surface area (Å²) < 4.78 is 0. The zero-order valence-corrected chi connectivity index (χ0v) is 11.6. The predicted octanol–water partition coefficient (Wildman–Crippen LogP) is 1.17. The van der Waals surface area contributed by atoms with Crippen molar-refractivity contribution in [3.63, 3.8) is 0 Å². The van der Waals surface area contributed by atoms with Crippen LogP contribution >= 0.6 is 0 Å². The smallest absolute Gasteiger partial charge is 0.305 e. The molecule has 21 heavy (non-hydrogen) atoms. The first kappa shape index (κ1) is 15.0. The molecule has 112 valence electrons. The van der Waals surface area contributed by atoms with Gasteiger partial charge in [0.25, 0.3) is 0 Å². The summed E-state index contributed by atoms with van der Waals surface area (Å²) in [6.07, 6.45) is 1.21. The molecular weight excluding hydrogens is 272 g/mol. The van der Waals surface area contributed by atoms with Gasteiger partial charge in [0, 0.05) is 24.6 Å². The van der Waals surface area contributed by atoms with Crippen LogP contribution in [0.15, 0.2) is 24.3 Å². The fourth-order valence-electron chi connectivity index (χ4n) is 2.35. The number of carboxylic acid groups (broad SMARTS) is 1. The van der Waals surface area contributed by atoms with Gasteiger partial charge >= 0.3 is 5.97 Å². The van der Waals surface area contributed by atoms with Crippen LogP contribution in [0.3, 0.4) is 0 Å². The summed E-state index contributed by atoms with van der Waals surface area (Å²) in [6, 6.07) is 7.62. The number of anilines is 1. The Morgan fingerprint density at radius 2 is 2.05 bits per heavy atom. The molecule has 0 bridgehead atoms. The summed E-state index contributed by atoms with van der Waals surface area (Å²) in [7, 11) is 0. The second-order valence-corrected chi connectivity index (χ2v) is 5.08. The number of carbonyl (C=O) groups is 3. The molecule has 1 atom stereocenters. The average Bonchev–Trinajstić information content (AvgIpc) is 2.44. The van der Waals surface area contributed by atoms with Crippen LogP contribution in [-0.4, -0.2) is 29.4 Å². The van der Waals surface area contributed by atoms with Gasteiger partial charge in [0.1, 0.15) is 0 Å². The van der Waals surface area contributed by atoms with Gasteiger partial charge in [-0.25, -0.2) is 0 Å². The molecule has 1 aliphatic rings. The maximum atomic E-state index is 12.0. The number of nitrogens with one attached hydrogen (secondary N) is 2. The van der Waals surface area contributed by atoms with E-state index in [0.717, 1.165) is 11.3 Å². The Kier molecular flexibility index (Phi) is 4.92. The molecule has 2 rings (SSSR count).